The zero-order chi connectivity index (χ0) is 17.4. The number of imidazole rings is 1. The Hall–Kier alpha value is -2.73. The van der Waals surface area contributed by atoms with Crippen molar-refractivity contribution in [1.29, 1.82) is 0 Å². The maximum absolute atomic E-state index is 12.4. The van der Waals surface area contributed by atoms with Gasteiger partial charge in [0.2, 0.25) is 5.78 Å². The van der Waals surface area contributed by atoms with Crippen molar-refractivity contribution in [1.82, 2.24) is 9.55 Å². The van der Waals surface area contributed by atoms with Crippen molar-refractivity contribution in [3.05, 3.63) is 69.4 Å². The summed E-state index contributed by atoms with van der Waals surface area (Å²) in [7, 11) is 1.78. The molecule has 0 spiro atoms. The summed E-state index contributed by atoms with van der Waals surface area (Å²) in [6.45, 7) is 0. The zero-order valence-electron chi connectivity index (χ0n) is 13.8. The molecule has 126 valence electrons. The lowest BCUT2D eigenvalue weighted by atomic mass is 10.1. The molecule has 6 heteroatoms. The average Bonchev–Trinajstić information content (AvgIpc) is 3.30. The number of nitrogens with zero attached hydrogens (tertiary/aromatic N) is 2. The van der Waals surface area contributed by atoms with E-state index < -0.39 is 0 Å². The van der Waals surface area contributed by atoms with E-state index in [0.717, 1.165) is 17.7 Å². The number of hydrogen-bond donors (Lipinski definition) is 1. The Kier molecular flexibility index (Phi) is 3.97. The number of amides is 1. The Morgan fingerprint density at radius 2 is 2.00 bits per heavy atom. The van der Waals surface area contributed by atoms with Crippen molar-refractivity contribution in [2.24, 2.45) is 7.05 Å². The summed E-state index contributed by atoms with van der Waals surface area (Å²) >= 11 is 1.58. The average molecular weight is 351 g/mol. The summed E-state index contributed by atoms with van der Waals surface area (Å²) in [4.78, 5) is 30.9. The predicted molar refractivity (Wildman–Crippen MR) is 97.4 cm³/mol. The minimum absolute atomic E-state index is 0.0948. The maximum atomic E-state index is 12.4. The number of benzene rings is 1. The summed E-state index contributed by atoms with van der Waals surface area (Å²) in [5.74, 6) is 0.160. The zero-order valence-corrected chi connectivity index (χ0v) is 14.6. The molecular weight excluding hydrogens is 334 g/mol. The van der Waals surface area contributed by atoms with Gasteiger partial charge in [-0.3, -0.25) is 9.59 Å². The molecular formula is C19H17N3O2S. The number of nitrogens with one attached hydrogen (secondary N) is 1. The van der Waals surface area contributed by atoms with Crippen LogP contribution in [0, 0.1) is 0 Å². The predicted octanol–water partition coefficient (Wildman–Crippen LogP) is 3.45. The third-order valence-corrected chi connectivity index (χ3v) is 5.64. The molecule has 0 saturated heterocycles. The molecule has 0 saturated carbocycles. The Morgan fingerprint density at radius 1 is 1.20 bits per heavy atom. The van der Waals surface area contributed by atoms with E-state index in [-0.39, 0.29) is 11.7 Å². The molecule has 1 aliphatic rings. The highest BCUT2D eigenvalue weighted by atomic mass is 32.1. The van der Waals surface area contributed by atoms with E-state index in [0.29, 0.717) is 17.1 Å². The number of aromatic nitrogens is 2. The third kappa shape index (κ3) is 3.00. The molecule has 5 nitrogen and oxygen atoms in total. The lowest BCUT2D eigenvalue weighted by Gasteiger charge is -2.05. The van der Waals surface area contributed by atoms with E-state index in [1.807, 2.05) is 6.07 Å². The van der Waals surface area contributed by atoms with E-state index in [1.54, 1.807) is 59.6 Å². The van der Waals surface area contributed by atoms with Crippen LogP contribution in [0.4, 0.5) is 5.69 Å². The molecule has 1 N–H and O–H groups in total. The number of thiophene rings is 1. The Morgan fingerprint density at radius 3 is 2.68 bits per heavy atom. The van der Waals surface area contributed by atoms with Crippen LogP contribution in [0.1, 0.15) is 42.7 Å². The van der Waals surface area contributed by atoms with Crippen molar-refractivity contribution in [3.8, 4) is 0 Å². The number of carbonyl (C=O) groups is 2. The normalized spacial score (nSPS) is 12.8. The van der Waals surface area contributed by atoms with Gasteiger partial charge in [0, 0.05) is 35.6 Å². The van der Waals surface area contributed by atoms with Crippen LogP contribution in [0.5, 0.6) is 0 Å². The molecule has 0 atom stereocenters. The van der Waals surface area contributed by atoms with Gasteiger partial charge in [-0.25, -0.2) is 4.98 Å². The van der Waals surface area contributed by atoms with Gasteiger partial charge in [0.25, 0.3) is 5.91 Å². The second-order valence-corrected chi connectivity index (χ2v) is 7.27. The molecule has 4 rings (SSSR count). The Bertz CT molecular complexity index is 932. The highest BCUT2D eigenvalue weighted by Gasteiger charge is 2.19. The second-order valence-electron chi connectivity index (χ2n) is 6.13. The highest BCUT2D eigenvalue weighted by Crippen LogP contribution is 2.31. The van der Waals surface area contributed by atoms with Gasteiger partial charge >= 0.3 is 0 Å². The molecule has 0 bridgehead atoms. The molecule has 0 unspecified atom stereocenters. The monoisotopic (exact) mass is 351 g/mol. The number of aryl methyl sites for hydroxylation is 3. The largest absolute Gasteiger partial charge is 0.331 e. The van der Waals surface area contributed by atoms with Crippen molar-refractivity contribution in [2.75, 3.05) is 5.32 Å². The summed E-state index contributed by atoms with van der Waals surface area (Å²) < 4.78 is 1.69. The van der Waals surface area contributed by atoms with E-state index in [2.05, 4.69) is 10.3 Å². The molecule has 2 aromatic heterocycles. The first-order valence-corrected chi connectivity index (χ1v) is 8.98. The molecule has 1 aromatic carbocycles. The first-order chi connectivity index (χ1) is 12.1. The van der Waals surface area contributed by atoms with E-state index in [1.165, 1.54) is 16.9 Å². The number of ketones is 1. The first-order valence-electron chi connectivity index (χ1n) is 8.17. The molecule has 1 amide bonds. The van der Waals surface area contributed by atoms with Gasteiger partial charge in [0.1, 0.15) is 0 Å². The van der Waals surface area contributed by atoms with Gasteiger partial charge in [-0.1, -0.05) is 0 Å². The van der Waals surface area contributed by atoms with Gasteiger partial charge < -0.3 is 9.88 Å². The fourth-order valence-corrected chi connectivity index (χ4v) is 4.20. The van der Waals surface area contributed by atoms with Crippen LogP contribution < -0.4 is 5.32 Å². The van der Waals surface area contributed by atoms with Crippen LogP contribution in [0.3, 0.4) is 0 Å². The summed E-state index contributed by atoms with van der Waals surface area (Å²) in [5, 5.41) is 2.90. The molecule has 0 aliphatic heterocycles. The van der Waals surface area contributed by atoms with E-state index >= 15 is 0 Å². The molecule has 0 radical (unpaired) electrons. The minimum Gasteiger partial charge on any atom is -0.331 e. The SMILES string of the molecule is Cn1ccnc1C(=O)c1ccc(NC(=O)c2cc3c(s2)CCC3)cc1. The lowest BCUT2D eigenvalue weighted by Crippen LogP contribution is -2.11. The number of carbonyl (C=O) groups excluding carboxylic acids is 2. The molecule has 0 fully saturated rings. The summed E-state index contributed by atoms with van der Waals surface area (Å²) in [6.07, 6.45) is 6.68. The number of fused-ring (bicyclic) bond motifs is 1. The van der Waals surface area contributed by atoms with Crippen LogP contribution in [-0.4, -0.2) is 21.2 Å². The van der Waals surface area contributed by atoms with Gasteiger partial charge in [-0.05, 0) is 55.2 Å². The highest BCUT2D eigenvalue weighted by molar-refractivity contribution is 7.14. The van der Waals surface area contributed by atoms with Crippen molar-refractivity contribution in [3.63, 3.8) is 0 Å². The van der Waals surface area contributed by atoms with Crippen molar-refractivity contribution < 1.29 is 9.59 Å². The molecule has 2 heterocycles. The maximum Gasteiger partial charge on any atom is 0.265 e. The number of hydrogen-bond acceptors (Lipinski definition) is 4. The van der Waals surface area contributed by atoms with Gasteiger partial charge in [0.05, 0.1) is 4.88 Å². The van der Waals surface area contributed by atoms with Crippen LogP contribution in [-0.2, 0) is 19.9 Å². The Balaban J connectivity index is 1.47. The fraction of sp³-hybridized carbons (Fsp3) is 0.211. The van der Waals surface area contributed by atoms with Crippen LogP contribution in [0.25, 0.3) is 0 Å². The molecule has 1 aliphatic carbocycles. The smallest absolute Gasteiger partial charge is 0.265 e. The van der Waals surface area contributed by atoms with Crippen molar-refractivity contribution >= 4 is 28.7 Å². The summed E-state index contributed by atoms with van der Waals surface area (Å²) in [6, 6.07) is 8.91. The van der Waals surface area contributed by atoms with Gasteiger partial charge in [-0.15, -0.1) is 11.3 Å². The van der Waals surface area contributed by atoms with E-state index in [9.17, 15) is 9.59 Å². The third-order valence-electron chi connectivity index (χ3n) is 4.40. The first kappa shape index (κ1) is 15.8. The van der Waals surface area contributed by atoms with Gasteiger partial charge in [0.15, 0.2) is 5.82 Å². The Labute approximate surface area is 149 Å². The molecule has 3 aromatic rings. The van der Waals surface area contributed by atoms with Crippen LogP contribution in [0.15, 0.2) is 42.7 Å². The fourth-order valence-electron chi connectivity index (χ4n) is 3.05. The number of rotatable bonds is 4. The lowest BCUT2D eigenvalue weighted by molar-refractivity contribution is 0.102. The topological polar surface area (TPSA) is 64.0 Å². The van der Waals surface area contributed by atoms with E-state index in [4.69, 9.17) is 0 Å². The van der Waals surface area contributed by atoms with Gasteiger partial charge in [-0.2, -0.15) is 0 Å². The number of anilines is 1. The van der Waals surface area contributed by atoms with Crippen molar-refractivity contribution in [2.45, 2.75) is 19.3 Å². The van der Waals surface area contributed by atoms with Crippen LogP contribution in [0.2, 0.25) is 0 Å². The molecule has 25 heavy (non-hydrogen) atoms. The quantitative estimate of drug-likeness (QED) is 0.732. The standard InChI is InChI=1S/C19H17N3O2S/c1-22-10-9-20-18(22)17(23)12-5-7-14(8-6-12)21-19(24)16-11-13-3-2-4-15(13)25-16/h5-11H,2-4H2,1H3,(H,21,24). The second kappa shape index (κ2) is 6.29. The minimum atomic E-state index is -0.139. The van der Waals surface area contributed by atoms with Crippen LogP contribution >= 0.6 is 11.3 Å². The summed E-state index contributed by atoms with van der Waals surface area (Å²) in [5.41, 5.74) is 2.53.